The highest BCUT2D eigenvalue weighted by atomic mass is 16.2. The van der Waals surface area contributed by atoms with E-state index in [1.165, 1.54) is 19.0 Å². The van der Waals surface area contributed by atoms with Crippen LogP contribution in [0.2, 0.25) is 0 Å². The highest BCUT2D eigenvalue weighted by Crippen LogP contribution is 2.19. The zero-order valence-corrected chi connectivity index (χ0v) is 13.7. The lowest BCUT2D eigenvalue weighted by molar-refractivity contribution is -0.895. The summed E-state index contributed by atoms with van der Waals surface area (Å²) in [5.74, 6) is -2.22. The van der Waals surface area contributed by atoms with Gasteiger partial charge < -0.3 is 10.3 Å². The number of quaternary nitrogens is 1. The van der Waals surface area contributed by atoms with E-state index in [0.717, 1.165) is 29.4 Å². The third-order valence-electron chi connectivity index (χ3n) is 3.93. The lowest BCUT2D eigenvalue weighted by Crippen LogP contribution is -3.12. The molecule has 1 heterocycles. The van der Waals surface area contributed by atoms with Gasteiger partial charge in [-0.25, -0.2) is 10.2 Å². The summed E-state index contributed by atoms with van der Waals surface area (Å²) in [5, 5.41) is 0. The van der Waals surface area contributed by atoms with Crippen LogP contribution >= 0.6 is 0 Å². The SMILES string of the molecule is C=C(NNCC[NH+](CC)CC)C1C(=O)N(C)C(=O)N(C)C1=O. The molecule has 0 aromatic carbocycles. The number of likely N-dealkylation sites (N-methyl/N-ethyl adjacent to an activating group) is 1. The van der Waals surface area contributed by atoms with Crippen molar-refractivity contribution in [1.29, 1.82) is 0 Å². The van der Waals surface area contributed by atoms with E-state index in [9.17, 15) is 14.4 Å². The number of nitrogens with one attached hydrogen (secondary N) is 3. The van der Waals surface area contributed by atoms with Gasteiger partial charge in [0, 0.05) is 19.8 Å². The lowest BCUT2D eigenvalue weighted by Gasteiger charge is -2.33. The van der Waals surface area contributed by atoms with Gasteiger partial charge in [-0.3, -0.25) is 19.4 Å². The second-order valence-corrected chi connectivity index (χ2v) is 5.29. The van der Waals surface area contributed by atoms with Crippen LogP contribution in [0.4, 0.5) is 4.79 Å². The summed E-state index contributed by atoms with van der Waals surface area (Å²) in [5.41, 5.74) is 6.02. The molecule has 0 unspecified atom stereocenters. The Labute approximate surface area is 131 Å². The summed E-state index contributed by atoms with van der Waals surface area (Å²) in [7, 11) is 2.70. The Bertz CT molecular complexity index is 437. The first-order valence-electron chi connectivity index (χ1n) is 7.45. The molecule has 0 aromatic rings. The zero-order chi connectivity index (χ0) is 16.9. The topological polar surface area (TPSA) is 86.2 Å². The summed E-state index contributed by atoms with van der Waals surface area (Å²) in [6, 6.07) is -0.628. The van der Waals surface area contributed by atoms with Crippen LogP contribution in [0.1, 0.15) is 13.8 Å². The standard InChI is InChI=1S/C14H25N5O3/c1-6-19(7-2)9-8-15-16-10(3)11-12(20)17(4)14(22)18(5)13(11)21/h11,15-16H,3,6-9H2,1-2,4-5H3/p+1. The first-order valence-corrected chi connectivity index (χ1v) is 7.45. The van der Waals surface area contributed by atoms with E-state index < -0.39 is 23.8 Å². The summed E-state index contributed by atoms with van der Waals surface area (Å²) in [6.07, 6.45) is 0. The molecule has 0 radical (unpaired) electrons. The molecule has 124 valence electrons. The number of amides is 4. The molecule has 1 saturated heterocycles. The molecular weight excluding hydrogens is 286 g/mol. The minimum Gasteiger partial charge on any atom is -0.334 e. The molecule has 0 spiro atoms. The molecule has 1 aliphatic heterocycles. The maximum Gasteiger partial charge on any atom is 0.332 e. The highest BCUT2D eigenvalue weighted by Gasteiger charge is 2.43. The smallest absolute Gasteiger partial charge is 0.332 e. The van der Waals surface area contributed by atoms with Gasteiger partial charge in [-0.2, -0.15) is 0 Å². The van der Waals surface area contributed by atoms with Crippen molar-refractivity contribution in [3.8, 4) is 0 Å². The molecule has 1 aliphatic rings. The van der Waals surface area contributed by atoms with E-state index in [0.29, 0.717) is 6.54 Å². The molecule has 22 heavy (non-hydrogen) atoms. The van der Waals surface area contributed by atoms with Crippen LogP contribution in [0.3, 0.4) is 0 Å². The van der Waals surface area contributed by atoms with E-state index >= 15 is 0 Å². The molecule has 8 nitrogen and oxygen atoms in total. The third kappa shape index (κ3) is 3.83. The highest BCUT2D eigenvalue weighted by molar-refractivity contribution is 6.17. The minimum atomic E-state index is -1.08. The fourth-order valence-corrected chi connectivity index (χ4v) is 2.30. The Morgan fingerprint density at radius 2 is 1.64 bits per heavy atom. The van der Waals surface area contributed by atoms with Gasteiger partial charge in [0.1, 0.15) is 0 Å². The van der Waals surface area contributed by atoms with Crippen LogP contribution < -0.4 is 15.8 Å². The van der Waals surface area contributed by atoms with E-state index in [1.54, 1.807) is 0 Å². The summed E-state index contributed by atoms with van der Waals surface area (Å²) in [6.45, 7) is 11.6. The van der Waals surface area contributed by atoms with Gasteiger partial charge in [-0.15, -0.1) is 0 Å². The van der Waals surface area contributed by atoms with Crippen molar-refractivity contribution in [2.45, 2.75) is 13.8 Å². The number of rotatable bonds is 8. The van der Waals surface area contributed by atoms with Crippen molar-refractivity contribution in [1.82, 2.24) is 20.7 Å². The summed E-state index contributed by atoms with van der Waals surface area (Å²) in [4.78, 5) is 39.1. The molecule has 0 aliphatic carbocycles. The lowest BCUT2D eigenvalue weighted by atomic mass is 10.0. The van der Waals surface area contributed by atoms with Crippen molar-refractivity contribution in [2.75, 3.05) is 40.3 Å². The first kappa shape index (κ1) is 18.1. The molecule has 1 rings (SSSR count). The quantitative estimate of drug-likeness (QED) is 0.279. The van der Waals surface area contributed by atoms with Crippen molar-refractivity contribution < 1.29 is 19.3 Å². The van der Waals surface area contributed by atoms with Gasteiger partial charge in [0.15, 0.2) is 5.92 Å². The Morgan fingerprint density at radius 3 is 2.09 bits per heavy atom. The van der Waals surface area contributed by atoms with Gasteiger partial charge in [0.2, 0.25) is 11.8 Å². The molecule has 3 N–H and O–H groups in total. The van der Waals surface area contributed by atoms with Gasteiger partial charge >= 0.3 is 6.03 Å². The molecular formula is C14H26N5O3+. The number of imide groups is 2. The maximum absolute atomic E-state index is 12.1. The van der Waals surface area contributed by atoms with Gasteiger partial charge in [-0.05, 0) is 13.8 Å². The monoisotopic (exact) mass is 312 g/mol. The molecule has 0 saturated carbocycles. The second kappa shape index (κ2) is 7.90. The van der Waals surface area contributed by atoms with Crippen LogP contribution in [0.5, 0.6) is 0 Å². The van der Waals surface area contributed by atoms with Crippen molar-refractivity contribution >= 4 is 17.8 Å². The van der Waals surface area contributed by atoms with Crippen molar-refractivity contribution in [2.24, 2.45) is 5.92 Å². The van der Waals surface area contributed by atoms with Crippen LogP contribution in [0, 0.1) is 5.92 Å². The molecule has 0 aromatic heterocycles. The number of urea groups is 1. The van der Waals surface area contributed by atoms with E-state index in [4.69, 9.17) is 0 Å². The fraction of sp³-hybridized carbons (Fsp3) is 0.643. The number of hydrazine groups is 1. The predicted octanol–water partition coefficient (Wildman–Crippen LogP) is -1.81. The normalized spacial score (nSPS) is 16.7. The number of barbiturate groups is 1. The van der Waals surface area contributed by atoms with E-state index in [2.05, 4.69) is 31.3 Å². The largest absolute Gasteiger partial charge is 0.334 e. The number of nitrogens with zero attached hydrogens (tertiary/aromatic N) is 2. The van der Waals surface area contributed by atoms with Crippen LogP contribution in [-0.4, -0.2) is 67.9 Å². The van der Waals surface area contributed by atoms with Crippen molar-refractivity contribution in [3.63, 3.8) is 0 Å². The molecule has 1 fully saturated rings. The average Bonchev–Trinajstić information content (AvgIpc) is 2.51. The molecule has 4 amide bonds. The predicted molar refractivity (Wildman–Crippen MR) is 81.6 cm³/mol. The zero-order valence-electron chi connectivity index (χ0n) is 13.7. The van der Waals surface area contributed by atoms with Crippen LogP contribution in [0.15, 0.2) is 12.3 Å². The van der Waals surface area contributed by atoms with Gasteiger partial charge in [0.25, 0.3) is 0 Å². The molecule has 0 atom stereocenters. The Balaban J connectivity index is 2.55. The first-order chi connectivity index (χ1) is 10.3. The van der Waals surface area contributed by atoms with Gasteiger partial charge in [-0.1, -0.05) is 6.58 Å². The molecule has 0 bridgehead atoms. The maximum atomic E-state index is 12.1. The van der Waals surface area contributed by atoms with Crippen molar-refractivity contribution in [3.05, 3.63) is 12.3 Å². The number of carbonyl (C=O) groups excluding carboxylic acids is 3. The van der Waals surface area contributed by atoms with E-state index in [1.807, 2.05) is 0 Å². The third-order valence-corrected chi connectivity index (χ3v) is 3.93. The average molecular weight is 312 g/mol. The van der Waals surface area contributed by atoms with Crippen LogP contribution in [-0.2, 0) is 9.59 Å². The fourth-order valence-electron chi connectivity index (χ4n) is 2.30. The Kier molecular flexibility index (Phi) is 6.51. The number of carbonyl (C=O) groups is 3. The second-order valence-electron chi connectivity index (χ2n) is 5.29. The minimum absolute atomic E-state index is 0.246. The van der Waals surface area contributed by atoms with Crippen LogP contribution in [0.25, 0.3) is 0 Å². The Morgan fingerprint density at radius 1 is 1.14 bits per heavy atom. The van der Waals surface area contributed by atoms with Gasteiger partial charge in [0.05, 0.1) is 26.2 Å². The molecule has 8 heteroatoms. The number of hydrogen-bond donors (Lipinski definition) is 3. The van der Waals surface area contributed by atoms with E-state index in [-0.39, 0.29) is 5.70 Å². The number of hydrogen-bond acceptors (Lipinski definition) is 5. The Hall–Kier alpha value is -1.93. The summed E-state index contributed by atoms with van der Waals surface area (Å²) < 4.78 is 0. The summed E-state index contributed by atoms with van der Waals surface area (Å²) >= 11 is 0.